The first-order valence-electron chi connectivity index (χ1n) is 6.30. The number of aliphatic carboxylic acids is 1. The fourth-order valence-corrected chi connectivity index (χ4v) is 2.40. The van der Waals surface area contributed by atoms with Crippen LogP contribution in [0.3, 0.4) is 0 Å². The van der Waals surface area contributed by atoms with E-state index in [1.54, 1.807) is 19.1 Å². The second-order valence-electron chi connectivity index (χ2n) is 5.02. The van der Waals surface area contributed by atoms with Crippen molar-refractivity contribution >= 4 is 11.9 Å². The number of nitrogens with one attached hydrogen (secondary N) is 1. The van der Waals surface area contributed by atoms with E-state index in [2.05, 4.69) is 5.32 Å². The van der Waals surface area contributed by atoms with E-state index in [1.165, 1.54) is 6.07 Å². The molecule has 0 heterocycles. The lowest BCUT2D eigenvalue weighted by Crippen LogP contribution is -2.33. The summed E-state index contributed by atoms with van der Waals surface area (Å²) in [6, 6.07) is 4.58. The number of phenolic OH excluding ortho intramolecular Hbond substituents is 1. The van der Waals surface area contributed by atoms with Crippen molar-refractivity contribution in [2.45, 2.75) is 32.2 Å². The Balaban J connectivity index is 1.98. The monoisotopic (exact) mass is 263 g/mol. The predicted octanol–water partition coefficient (Wildman–Crippen LogP) is 1.68. The first-order chi connectivity index (χ1) is 8.97. The van der Waals surface area contributed by atoms with Crippen molar-refractivity contribution in [1.29, 1.82) is 0 Å². The normalized spacial score (nSPS) is 22.2. The van der Waals surface area contributed by atoms with Gasteiger partial charge in [0.05, 0.1) is 5.92 Å². The van der Waals surface area contributed by atoms with Crippen LogP contribution in [0, 0.1) is 12.8 Å². The molecule has 0 radical (unpaired) electrons. The molecular weight excluding hydrogens is 246 g/mol. The molecule has 5 heteroatoms. The van der Waals surface area contributed by atoms with Crippen molar-refractivity contribution in [1.82, 2.24) is 5.32 Å². The van der Waals surface area contributed by atoms with Crippen LogP contribution >= 0.6 is 0 Å². The number of carboxylic acid groups (broad SMARTS) is 1. The number of carbonyl (C=O) groups is 2. The van der Waals surface area contributed by atoms with Gasteiger partial charge in [-0.3, -0.25) is 9.59 Å². The first-order valence-corrected chi connectivity index (χ1v) is 6.30. The van der Waals surface area contributed by atoms with E-state index < -0.39 is 5.97 Å². The molecule has 19 heavy (non-hydrogen) atoms. The molecule has 1 saturated carbocycles. The predicted molar refractivity (Wildman–Crippen MR) is 69.1 cm³/mol. The van der Waals surface area contributed by atoms with Gasteiger partial charge in [0.15, 0.2) is 0 Å². The molecule has 1 aliphatic rings. The van der Waals surface area contributed by atoms with E-state index >= 15 is 0 Å². The van der Waals surface area contributed by atoms with Gasteiger partial charge in [0.25, 0.3) is 5.91 Å². The Kier molecular flexibility index (Phi) is 3.74. The van der Waals surface area contributed by atoms with Crippen LogP contribution in [0.25, 0.3) is 0 Å². The lowest BCUT2D eigenvalue weighted by atomic mass is 10.1. The summed E-state index contributed by atoms with van der Waals surface area (Å²) in [7, 11) is 0. The third kappa shape index (κ3) is 3.05. The maximum atomic E-state index is 12.0. The third-order valence-corrected chi connectivity index (χ3v) is 3.58. The molecule has 0 spiro atoms. The van der Waals surface area contributed by atoms with Gasteiger partial charge in [0.2, 0.25) is 0 Å². The summed E-state index contributed by atoms with van der Waals surface area (Å²) in [5.74, 6) is -1.22. The number of rotatable bonds is 3. The highest BCUT2D eigenvalue weighted by atomic mass is 16.4. The van der Waals surface area contributed by atoms with Crippen LogP contribution in [0.4, 0.5) is 0 Å². The number of carbonyl (C=O) groups excluding carboxylic acids is 1. The third-order valence-electron chi connectivity index (χ3n) is 3.58. The standard InChI is InChI=1S/C14H17NO4/c1-8-6-9(3-5-12(8)16)13(17)15-11-4-2-10(7-11)14(18)19/h3,5-6,10-11,16H,2,4,7H2,1H3,(H,15,17)(H,18,19). The molecular formula is C14H17NO4. The van der Waals surface area contributed by atoms with Gasteiger partial charge < -0.3 is 15.5 Å². The molecule has 2 unspecified atom stereocenters. The molecule has 0 aliphatic heterocycles. The summed E-state index contributed by atoms with van der Waals surface area (Å²) in [6.07, 6.45) is 1.78. The first kappa shape index (κ1) is 13.4. The maximum Gasteiger partial charge on any atom is 0.306 e. The molecule has 1 aromatic rings. The van der Waals surface area contributed by atoms with E-state index in [-0.39, 0.29) is 23.6 Å². The Hall–Kier alpha value is -2.04. The number of amides is 1. The van der Waals surface area contributed by atoms with Gasteiger partial charge in [-0.15, -0.1) is 0 Å². The summed E-state index contributed by atoms with van der Waals surface area (Å²) in [5, 5.41) is 21.2. The Labute approximate surface area is 111 Å². The summed E-state index contributed by atoms with van der Waals surface area (Å²) in [5.41, 5.74) is 1.12. The number of aryl methyl sites for hydroxylation is 1. The van der Waals surface area contributed by atoms with Crippen LogP contribution in [0.15, 0.2) is 18.2 Å². The second-order valence-corrected chi connectivity index (χ2v) is 5.02. The average Bonchev–Trinajstić information content (AvgIpc) is 2.81. The van der Waals surface area contributed by atoms with Crippen molar-refractivity contribution in [2.75, 3.05) is 0 Å². The van der Waals surface area contributed by atoms with E-state index in [1.807, 2.05) is 0 Å². The van der Waals surface area contributed by atoms with Gasteiger partial charge in [-0.05, 0) is 49.9 Å². The molecule has 0 aromatic heterocycles. The lowest BCUT2D eigenvalue weighted by Gasteiger charge is -2.13. The van der Waals surface area contributed by atoms with E-state index in [0.29, 0.717) is 30.4 Å². The lowest BCUT2D eigenvalue weighted by molar-refractivity contribution is -0.141. The number of carboxylic acids is 1. The summed E-state index contributed by atoms with van der Waals surface area (Å²) < 4.78 is 0. The van der Waals surface area contributed by atoms with Crippen LogP contribution in [0.2, 0.25) is 0 Å². The SMILES string of the molecule is Cc1cc(C(=O)NC2CCC(C(=O)O)C2)ccc1O. The molecule has 1 aromatic carbocycles. The van der Waals surface area contributed by atoms with Gasteiger partial charge in [0, 0.05) is 11.6 Å². The highest BCUT2D eigenvalue weighted by molar-refractivity contribution is 5.94. The Bertz CT molecular complexity index is 512. The van der Waals surface area contributed by atoms with Gasteiger partial charge in [-0.1, -0.05) is 0 Å². The molecule has 0 bridgehead atoms. The molecule has 1 fully saturated rings. The summed E-state index contributed by atoms with van der Waals surface area (Å²) in [4.78, 5) is 22.8. The molecule has 2 rings (SSSR count). The zero-order chi connectivity index (χ0) is 14.0. The highest BCUT2D eigenvalue weighted by Crippen LogP contribution is 2.26. The molecule has 3 N–H and O–H groups in total. The number of hydrogen-bond donors (Lipinski definition) is 3. The Morgan fingerprint density at radius 2 is 2.05 bits per heavy atom. The zero-order valence-corrected chi connectivity index (χ0v) is 10.7. The topological polar surface area (TPSA) is 86.6 Å². The summed E-state index contributed by atoms with van der Waals surface area (Å²) >= 11 is 0. The fraction of sp³-hybridized carbons (Fsp3) is 0.429. The van der Waals surface area contributed by atoms with Crippen molar-refractivity contribution in [3.05, 3.63) is 29.3 Å². The van der Waals surface area contributed by atoms with Gasteiger partial charge in [-0.2, -0.15) is 0 Å². The quantitative estimate of drug-likeness (QED) is 0.774. The number of aromatic hydroxyl groups is 1. The van der Waals surface area contributed by atoms with Crippen molar-refractivity contribution in [3.8, 4) is 5.75 Å². The largest absolute Gasteiger partial charge is 0.508 e. The zero-order valence-electron chi connectivity index (χ0n) is 10.7. The minimum Gasteiger partial charge on any atom is -0.508 e. The minimum atomic E-state index is -0.794. The Morgan fingerprint density at radius 3 is 2.63 bits per heavy atom. The van der Waals surface area contributed by atoms with Crippen LogP contribution in [-0.4, -0.2) is 28.1 Å². The highest BCUT2D eigenvalue weighted by Gasteiger charge is 2.30. The van der Waals surface area contributed by atoms with Crippen LogP contribution in [0.5, 0.6) is 5.75 Å². The van der Waals surface area contributed by atoms with Gasteiger partial charge >= 0.3 is 5.97 Å². The van der Waals surface area contributed by atoms with Crippen molar-refractivity contribution in [2.24, 2.45) is 5.92 Å². The molecule has 1 amide bonds. The molecule has 2 atom stereocenters. The van der Waals surface area contributed by atoms with Crippen LogP contribution in [0.1, 0.15) is 35.2 Å². The number of benzene rings is 1. The smallest absolute Gasteiger partial charge is 0.306 e. The van der Waals surface area contributed by atoms with Gasteiger partial charge in [-0.25, -0.2) is 0 Å². The van der Waals surface area contributed by atoms with E-state index in [4.69, 9.17) is 5.11 Å². The molecule has 0 saturated heterocycles. The van der Waals surface area contributed by atoms with Crippen LogP contribution in [-0.2, 0) is 4.79 Å². The second kappa shape index (κ2) is 5.30. The average molecular weight is 263 g/mol. The van der Waals surface area contributed by atoms with Crippen molar-refractivity contribution in [3.63, 3.8) is 0 Å². The number of hydrogen-bond acceptors (Lipinski definition) is 3. The minimum absolute atomic E-state index is 0.0808. The van der Waals surface area contributed by atoms with Crippen LogP contribution < -0.4 is 5.32 Å². The molecule has 1 aliphatic carbocycles. The van der Waals surface area contributed by atoms with E-state index in [9.17, 15) is 14.7 Å². The molecule has 102 valence electrons. The Morgan fingerprint density at radius 1 is 1.32 bits per heavy atom. The number of phenols is 1. The molecule has 5 nitrogen and oxygen atoms in total. The van der Waals surface area contributed by atoms with Gasteiger partial charge in [0.1, 0.15) is 5.75 Å². The van der Waals surface area contributed by atoms with E-state index in [0.717, 1.165) is 0 Å². The maximum absolute atomic E-state index is 12.0. The fourth-order valence-electron chi connectivity index (χ4n) is 2.40. The van der Waals surface area contributed by atoms with Crippen molar-refractivity contribution < 1.29 is 19.8 Å². The summed E-state index contributed by atoms with van der Waals surface area (Å²) in [6.45, 7) is 1.72.